The van der Waals surface area contributed by atoms with Crippen LogP contribution in [0.3, 0.4) is 0 Å². The molecule has 208 valence electrons. The van der Waals surface area contributed by atoms with Crippen LogP contribution in [-0.4, -0.2) is 27.0 Å². The molecule has 3 N–H and O–H groups in total. The summed E-state index contributed by atoms with van der Waals surface area (Å²) in [5, 5.41) is 12.4. The number of carbonyl (C=O) groups is 2. The molecule has 1 aromatic heterocycles. The third-order valence-electron chi connectivity index (χ3n) is 12.6. The van der Waals surface area contributed by atoms with E-state index < -0.39 is 5.97 Å². The van der Waals surface area contributed by atoms with E-state index in [1.54, 1.807) is 18.2 Å². The van der Waals surface area contributed by atoms with E-state index in [1.807, 2.05) is 0 Å². The van der Waals surface area contributed by atoms with Gasteiger partial charge in [-0.05, 0) is 129 Å². The third-order valence-corrected chi connectivity index (χ3v) is 12.6. The topological polar surface area (TPSA) is 95.1 Å². The Morgan fingerprint density at radius 1 is 1.05 bits per heavy atom. The van der Waals surface area contributed by atoms with Gasteiger partial charge in [-0.2, -0.15) is 0 Å². The fraction of sp³-hybridized carbons (Fsp3) is 0.667. The van der Waals surface area contributed by atoms with Crippen molar-refractivity contribution in [1.29, 1.82) is 0 Å². The van der Waals surface area contributed by atoms with E-state index in [9.17, 15) is 14.7 Å². The molecule has 6 bridgehead atoms. The van der Waals surface area contributed by atoms with Crippen molar-refractivity contribution in [2.24, 2.45) is 39.9 Å². The molecule has 0 spiro atoms. The quantitative estimate of drug-likeness (QED) is 0.347. The number of aryl methyl sites for hydroxylation is 1. The minimum absolute atomic E-state index is 0.162. The fourth-order valence-corrected chi connectivity index (χ4v) is 10.5. The molecule has 1 unspecified atom stereocenters. The van der Waals surface area contributed by atoms with Gasteiger partial charge < -0.3 is 15.4 Å². The lowest BCUT2D eigenvalue weighted by Crippen LogP contribution is -2.46. The Morgan fingerprint density at radius 2 is 1.74 bits per heavy atom. The molecule has 39 heavy (non-hydrogen) atoms. The van der Waals surface area contributed by atoms with Crippen molar-refractivity contribution in [3.8, 4) is 0 Å². The summed E-state index contributed by atoms with van der Waals surface area (Å²) in [6.07, 6.45) is 14.0. The number of carboxylic acid groups (broad SMARTS) is 1. The predicted octanol–water partition coefficient (Wildman–Crippen LogP) is 7.44. The van der Waals surface area contributed by atoms with Crippen LogP contribution < -0.4 is 5.32 Å². The molecular weight excluding hydrogens is 486 g/mol. The first-order valence-electron chi connectivity index (χ1n) is 15.3. The molecular formula is C33H43N3O3. The number of carboxylic acids is 1. The maximum absolute atomic E-state index is 13.7. The van der Waals surface area contributed by atoms with Gasteiger partial charge in [0.05, 0.1) is 5.56 Å². The number of aromatic carboxylic acids is 1. The van der Waals surface area contributed by atoms with E-state index in [1.165, 1.54) is 57.4 Å². The Kier molecular flexibility index (Phi) is 5.64. The monoisotopic (exact) mass is 529 g/mol. The van der Waals surface area contributed by atoms with Crippen molar-refractivity contribution in [3.05, 3.63) is 47.0 Å². The average molecular weight is 530 g/mol. The highest BCUT2D eigenvalue weighted by atomic mass is 16.4. The number of hydrogen-bond donors (Lipinski definition) is 3. The summed E-state index contributed by atoms with van der Waals surface area (Å²) < 4.78 is 0. The molecule has 6 fully saturated rings. The molecule has 1 aromatic carbocycles. The van der Waals surface area contributed by atoms with Crippen LogP contribution in [-0.2, 0) is 6.42 Å². The van der Waals surface area contributed by atoms with Gasteiger partial charge in [0, 0.05) is 17.3 Å². The standard InChI is InChI=1S/C33H43N3O3/c1-31(2)23-7-9-32(31,3)25(15-23)28-35-26(8-10-33-16-19-11-20(17-33)13-21(12-19)18-33)27(36-28)29(37)34-24-6-4-5-22(14-24)30(38)39/h4-6,14,19-21,23,25H,7-13,15-18H2,1-3H3,(H,34,37)(H,35,36)(H,38,39)/t19?,20?,21?,23?,25-,32+,33?/m0/s1. The highest BCUT2D eigenvalue weighted by molar-refractivity contribution is 6.04. The molecule has 6 nitrogen and oxygen atoms in total. The Labute approximate surface area is 231 Å². The summed E-state index contributed by atoms with van der Waals surface area (Å²) in [6.45, 7) is 7.27. The van der Waals surface area contributed by atoms with Crippen LogP contribution in [0.4, 0.5) is 5.69 Å². The smallest absolute Gasteiger partial charge is 0.335 e. The van der Waals surface area contributed by atoms with Crippen molar-refractivity contribution >= 4 is 17.6 Å². The number of nitrogens with zero attached hydrogens (tertiary/aromatic N) is 1. The number of imidazole rings is 1. The lowest BCUT2D eigenvalue weighted by Gasteiger charge is -2.57. The summed E-state index contributed by atoms with van der Waals surface area (Å²) >= 11 is 0. The van der Waals surface area contributed by atoms with Crippen LogP contribution in [0.25, 0.3) is 0 Å². The van der Waals surface area contributed by atoms with Gasteiger partial charge in [-0.1, -0.05) is 26.8 Å². The summed E-state index contributed by atoms with van der Waals surface area (Å²) in [4.78, 5) is 34.0. The average Bonchev–Trinajstić information content (AvgIpc) is 3.46. The number of rotatable bonds is 7. The molecule has 6 heteroatoms. The molecule has 2 aromatic rings. The Hall–Kier alpha value is -2.63. The van der Waals surface area contributed by atoms with Crippen LogP contribution in [0.15, 0.2) is 24.3 Å². The van der Waals surface area contributed by atoms with Gasteiger partial charge >= 0.3 is 5.97 Å². The highest BCUT2D eigenvalue weighted by Crippen LogP contribution is 2.70. The van der Waals surface area contributed by atoms with Crippen LogP contribution in [0, 0.1) is 39.9 Å². The molecule has 6 aliphatic carbocycles. The van der Waals surface area contributed by atoms with E-state index >= 15 is 0 Å². The second kappa shape index (κ2) is 8.68. The molecule has 0 aliphatic heterocycles. The van der Waals surface area contributed by atoms with Gasteiger partial charge in [-0.15, -0.1) is 0 Å². The number of aromatic nitrogens is 2. The molecule has 8 rings (SSSR count). The van der Waals surface area contributed by atoms with Gasteiger partial charge in [-0.25, -0.2) is 9.78 Å². The van der Waals surface area contributed by atoms with Crippen LogP contribution in [0.1, 0.15) is 123 Å². The zero-order valence-corrected chi connectivity index (χ0v) is 23.7. The number of hydrogen-bond acceptors (Lipinski definition) is 3. The van der Waals surface area contributed by atoms with Gasteiger partial charge in [-0.3, -0.25) is 4.79 Å². The van der Waals surface area contributed by atoms with E-state index in [2.05, 4.69) is 31.1 Å². The first-order valence-corrected chi connectivity index (χ1v) is 15.3. The second-order valence-electron chi connectivity index (χ2n) is 14.9. The Balaban J connectivity index is 1.18. The summed E-state index contributed by atoms with van der Waals surface area (Å²) in [7, 11) is 0. The third kappa shape index (κ3) is 3.99. The van der Waals surface area contributed by atoms with Crippen LogP contribution >= 0.6 is 0 Å². The first kappa shape index (κ1) is 25.3. The van der Waals surface area contributed by atoms with E-state index in [0.29, 0.717) is 28.6 Å². The van der Waals surface area contributed by atoms with E-state index in [4.69, 9.17) is 4.98 Å². The molecule has 0 radical (unpaired) electrons. The van der Waals surface area contributed by atoms with Crippen molar-refractivity contribution < 1.29 is 14.7 Å². The number of anilines is 1. The maximum atomic E-state index is 13.7. The van der Waals surface area contributed by atoms with Gasteiger partial charge in [0.2, 0.25) is 0 Å². The molecule has 0 saturated heterocycles. The van der Waals surface area contributed by atoms with Crippen molar-refractivity contribution in [1.82, 2.24) is 9.97 Å². The number of benzene rings is 1. The first-order chi connectivity index (χ1) is 18.6. The van der Waals surface area contributed by atoms with Crippen molar-refractivity contribution in [3.63, 3.8) is 0 Å². The Bertz CT molecular complexity index is 1290. The van der Waals surface area contributed by atoms with Gasteiger partial charge in [0.15, 0.2) is 0 Å². The summed E-state index contributed by atoms with van der Waals surface area (Å²) in [6, 6.07) is 6.47. The van der Waals surface area contributed by atoms with E-state index in [-0.39, 0.29) is 22.3 Å². The molecule has 1 heterocycles. The highest BCUT2D eigenvalue weighted by Gasteiger charge is 2.62. The number of amides is 1. The largest absolute Gasteiger partial charge is 0.478 e. The number of aromatic amines is 1. The molecule has 1 amide bonds. The van der Waals surface area contributed by atoms with Crippen LogP contribution in [0.5, 0.6) is 0 Å². The lowest BCUT2D eigenvalue weighted by molar-refractivity contribution is -0.0570. The summed E-state index contributed by atoms with van der Waals surface area (Å²) in [5.74, 6) is 3.50. The predicted molar refractivity (Wildman–Crippen MR) is 151 cm³/mol. The van der Waals surface area contributed by atoms with Crippen LogP contribution in [0.2, 0.25) is 0 Å². The fourth-order valence-electron chi connectivity index (χ4n) is 10.5. The maximum Gasteiger partial charge on any atom is 0.335 e. The van der Waals surface area contributed by atoms with Gasteiger partial charge in [0.25, 0.3) is 5.91 Å². The molecule has 6 saturated carbocycles. The van der Waals surface area contributed by atoms with Crippen molar-refractivity contribution in [2.75, 3.05) is 5.32 Å². The van der Waals surface area contributed by atoms with Crippen molar-refractivity contribution in [2.45, 2.75) is 97.3 Å². The van der Waals surface area contributed by atoms with Gasteiger partial charge in [0.1, 0.15) is 11.5 Å². The zero-order valence-electron chi connectivity index (χ0n) is 23.7. The minimum atomic E-state index is -1.00. The van der Waals surface area contributed by atoms with E-state index in [0.717, 1.165) is 48.5 Å². The number of fused-ring (bicyclic) bond motifs is 2. The second-order valence-corrected chi connectivity index (χ2v) is 14.9. The number of nitrogens with one attached hydrogen (secondary N) is 2. The molecule has 3 atom stereocenters. The minimum Gasteiger partial charge on any atom is -0.478 e. The Morgan fingerprint density at radius 3 is 2.33 bits per heavy atom. The zero-order chi connectivity index (χ0) is 27.2. The number of H-pyrrole nitrogens is 1. The summed E-state index contributed by atoms with van der Waals surface area (Å²) in [5.41, 5.74) is 3.00. The SMILES string of the molecule is CC1(C)C2CC[C@]1(C)[C@H](c1nc(C(=O)Nc3cccc(C(=O)O)c3)c(CCC34CC5CC(CC(C5)C3)C4)[nH]1)C2. The lowest BCUT2D eigenvalue weighted by atomic mass is 9.48. The molecule has 6 aliphatic rings. The number of carbonyl (C=O) groups excluding carboxylic acids is 1. The normalized spacial score (nSPS) is 37.4.